The minimum atomic E-state index is -3.50. The maximum atomic E-state index is 13.4. The van der Waals surface area contributed by atoms with Crippen LogP contribution in [0.3, 0.4) is 0 Å². The fraction of sp³-hybridized carbons (Fsp3) is 0.517. The van der Waals surface area contributed by atoms with Gasteiger partial charge >= 0.3 is 0 Å². The summed E-state index contributed by atoms with van der Waals surface area (Å²) in [5, 5.41) is 17.0. The summed E-state index contributed by atoms with van der Waals surface area (Å²) in [6, 6.07) is 16.4. The molecule has 0 aromatic heterocycles. The Morgan fingerprint density at radius 3 is 2.38 bits per heavy atom. The van der Waals surface area contributed by atoms with Crippen LogP contribution in [-0.2, 0) is 32.4 Å². The average molecular weight is 579 g/mol. The summed E-state index contributed by atoms with van der Waals surface area (Å²) >= 11 is 0.937. The van der Waals surface area contributed by atoms with Crippen molar-refractivity contribution in [2.24, 2.45) is 11.8 Å². The largest absolute Gasteiger partial charge is 0.497 e. The monoisotopic (exact) mass is 578 g/mol. The number of hydrogen-bond donors (Lipinski definition) is 3. The fourth-order valence-electron chi connectivity index (χ4n) is 3.96. The molecule has 0 spiro atoms. The molecule has 0 bridgehead atoms. The number of aliphatic hydroxyl groups is 1. The molecule has 0 heterocycles. The second kappa shape index (κ2) is 16.6. The summed E-state index contributed by atoms with van der Waals surface area (Å²) in [7, 11) is -1.90. The van der Waals surface area contributed by atoms with Crippen molar-refractivity contribution in [3.8, 4) is 5.75 Å². The van der Waals surface area contributed by atoms with Gasteiger partial charge in [0, 0.05) is 25.8 Å². The highest BCUT2D eigenvalue weighted by Gasteiger charge is 2.30. The van der Waals surface area contributed by atoms with Crippen molar-refractivity contribution in [2.45, 2.75) is 52.3 Å². The Balaban J connectivity index is 2.14. The molecule has 2 rings (SSSR count). The Bertz CT molecular complexity index is 1140. The molecule has 8 nitrogen and oxygen atoms in total. The number of nitrogens with one attached hydrogen (secondary N) is 2. The van der Waals surface area contributed by atoms with Crippen LogP contribution >= 0.6 is 11.8 Å². The zero-order valence-electron chi connectivity index (χ0n) is 23.3. The molecule has 1 amide bonds. The first kappa shape index (κ1) is 32.8. The summed E-state index contributed by atoms with van der Waals surface area (Å²) in [6.45, 7) is 5.98. The Hall–Kier alpha value is -2.40. The number of rotatable bonds is 17. The van der Waals surface area contributed by atoms with E-state index in [4.69, 9.17) is 4.74 Å². The number of thioether (sulfide) groups is 1. The summed E-state index contributed by atoms with van der Waals surface area (Å²) < 4.78 is 30.8. The minimum Gasteiger partial charge on any atom is -0.497 e. The number of benzene rings is 2. The third-order valence-corrected chi connectivity index (χ3v) is 8.97. The van der Waals surface area contributed by atoms with Gasteiger partial charge in [-0.15, -0.1) is 0 Å². The van der Waals surface area contributed by atoms with Crippen molar-refractivity contribution in [2.75, 3.05) is 30.9 Å². The zero-order valence-corrected chi connectivity index (χ0v) is 24.9. The van der Waals surface area contributed by atoms with Gasteiger partial charge in [-0.3, -0.25) is 9.59 Å². The Kier molecular flexibility index (Phi) is 14.0. The SMILES string of the molecule is COc1cccc(CNC[C@@H](O)[C@H](Cc2ccccc2)NC(=O)C(CSC(C)=O)CS(=O)(=O)CCC(C)C)c1. The highest BCUT2D eigenvalue weighted by molar-refractivity contribution is 8.13. The Morgan fingerprint density at radius 2 is 1.74 bits per heavy atom. The van der Waals surface area contributed by atoms with Gasteiger partial charge in [0.15, 0.2) is 15.0 Å². The lowest BCUT2D eigenvalue weighted by molar-refractivity contribution is -0.125. The molecule has 2 aromatic rings. The van der Waals surface area contributed by atoms with Gasteiger partial charge in [-0.1, -0.05) is 68.1 Å². The molecule has 0 saturated carbocycles. The lowest BCUT2D eigenvalue weighted by atomic mass is 10.00. The van der Waals surface area contributed by atoms with Gasteiger partial charge in [-0.25, -0.2) is 8.42 Å². The molecule has 0 fully saturated rings. The molecule has 39 heavy (non-hydrogen) atoms. The number of amides is 1. The van der Waals surface area contributed by atoms with Gasteiger partial charge in [-0.05, 0) is 42.0 Å². The van der Waals surface area contributed by atoms with E-state index in [1.807, 2.05) is 68.4 Å². The second-order valence-electron chi connectivity index (χ2n) is 10.2. The molecule has 0 saturated heterocycles. The predicted molar refractivity (Wildman–Crippen MR) is 158 cm³/mol. The van der Waals surface area contributed by atoms with E-state index in [-0.39, 0.29) is 34.8 Å². The topological polar surface area (TPSA) is 122 Å². The fourth-order valence-corrected chi connectivity index (χ4v) is 6.70. The summed E-state index contributed by atoms with van der Waals surface area (Å²) in [6.07, 6.45) is -0.0788. The molecule has 10 heteroatoms. The molecule has 0 aliphatic heterocycles. The third kappa shape index (κ3) is 13.0. The van der Waals surface area contributed by atoms with Gasteiger partial charge in [0.1, 0.15) is 5.75 Å². The lowest BCUT2D eigenvalue weighted by Crippen LogP contribution is -2.51. The van der Waals surface area contributed by atoms with Gasteiger partial charge in [0.25, 0.3) is 0 Å². The van der Waals surface area contributed by atoms with Gasteiger partial charge < -0.3 is 20.5 Å². The molecule has 0 aliphatic rings. The number of carbonyl (C=O) groups is 2. The van der Waals surface area contributed by atoms with E-state index in [0.29, 0.717) is 19.4 Å². The van der Waals surface area contributed by atoms with Crippen molar-refractivity contribution in [1.82, 2.24) is 10.6 Å². The molecule has 0 aliphatic carbocycles. The quantitative estimate of drug-likeness (QED) is 0.262. The first-order valence-electron chi connectivity index (χ1n) is 13.2. The Morgan fingerprint density at radius 1 is 1.05 bits per heavy atom. The van der Waals surface area contributed by atoms with Crippen LogP contribution in [0.25, 0.3) is 0 Å². The predicted octanol–water partition coefficient (Wildman–Crippen LogP) is 3.23. The van der Waals surface area contributed by atoms with Crippen LogP contribution in [0.1, 0.15) is 38.3 Å². The van der Waals surface area contributed by atoms with E-state index in [2.05, 4.69) is 10.6 Å². The summed E-state index contributed by atoms with van der Waals surface area (Å²) in [5.41, 5.74) is 1.91. The van der Waals surface area contributed by atoms with Crippen LogP contribution in [-0.4, -0.2) is 67.6 Å². The van der Waals surface area contributed by atoms with Gasteiger partial charge in [0.05, 0.1) is 36.7 Å². The van der Waals surface area contributed by atoms with Crippen LogP contribution in [0.2, 0.25) is 0 Å². The minimum absolute atomic E-state index is 0.0105. The number of aliphatic hydroxyl groups excluding tert-OH is 1. The van der Waals surface area contributed by atoms with Crippen molar-refractivity contribution in [1.29, 1.82) is 0 Å². The highest BCUT2D eigenvalue weighted by Crippen LogP contribution is 2.17. The molecular formula is C29H42N2O6S2. The van der Waals surface area contributed by atoms with Crippen molar-refractivity contribution in [3.63, 3.8) is 0 Å². The van der Waals surface area contributed by atoms with E-state index in [1.165, 1.54) is 6.92 Å². The van der Waals surface area contributed by atoms with Crippen LogP contribution in [0.15, 0.2) is 54.6 Å². The van der Waals surface area contributed by atoms with E-state index < -0.39 is 33.8 Å². The normalized spacial score (nSPS) is 14.0. The molecular weight excluding hydrogens is 536 g/mol. The van der Waals surface area contributed by atoms with Gasteiger partial charge in [0.2, 0.25) is 5.91 Å². The van der Waals surface area contributed by atoms with Crippen molar-refractivity contribution < 1.29 is 27.9 Å². The second-order valence-corrected chi connectivity index (χ2v) is 13.6. The van der Waals surface area contributed by atoms with Crippen LogP contribution < -0.4 is 15.4 Å². The standard InChI is InChI=1S/C29H42N2O6S2/c1-21(2)13-14-39(35,36)20-25(19-38-22(3)32)29(34)31-27(16-23-9-6-5-7-10-23)28(33)18-30-17-24-11-8-12-26(15-24)37-4/h5-12,15,21,25,27-28,30,33H,13-14,16-20H2,1-4H3,(H,31,34)/t25?,27-,28+/m0/s1. The summed E-state index contributed by atoms with van der Waals surface area (Å²) in [5.74, 6) is -0.728. The molecule has 216 valence electrons. The van der Waals surface area contributed by atoms with Gasteiger partial charge in [-0.2, -0.15) is 0 Å². The lowest BCUT2D eigenvalue weighted by Gasteiger charge is -2.27. The first-order valence-corrected chi connectivity index (χ1v) is 16.0. The zero-order chi connectivity index (χ0) is 28.8. The van der Waals surface area contributed by atoms with Crippen molar-refractivity contribution in [3.05, 3.63) is 65.7 Å². The third-order valence-electron chi connectivity index (χ3n) is 6.23. The Labute approximate surface area is 237 Å². The van der Waals surface area contributed by atoms with E-state index >= 15 is 0 Å². The van der Waals surface area contributed by atoms with Crippen LogP contribution in [0.5, 0.6) is 5.75 Å². The molecule has 1 unspecified atom stereocenters. The number of sulfone groups is 1. The molecule has 0 radical (unpaired) electrons. The van der Waals surface area contributed by atoms with Crippen molar-refractivity contribution >= 4 is 32.6 Å². The number of hydrogen-bond acceptors (Lipinski definition) is 8. The smallest absolute Gasteiger partial charge is 0.225 e. The molecule has 3 atom stereocenters. The van der Waals surface area contributed by atoms with E-state index in [9.17, 15) is 23.1 Å². The maximum Gasteiger partial charge on any atom is 0.225 e. The van der Waals surface area contributed by atoms with E-state index in [0.717, 1.165) is 28.6 Å². The van der Waals surface area contributed by atoms with E-state index in [1.54, 1.807) is 7.11 Å². The van der Waals surface area contributed by atoms with Crippen LogP contribution in [0.4, 0.5) is 0 Å². The number of carbonyl (C=O) groups excluding carboxylic acids is 2. The first-order chi connectivity index (χ1) is 18.5. The number of methoxy groups -OCH3 is 1. The summed E-state index contributed by atoms with van der Waals surface area (Å²) in [4.78, 5) is 25.0. The molecule has 2 aromatic carbocycles. The van der Waals surface area contributed by atoms with Crippen LogP contribution in [0, 0.1) is 11.8 Å². The maximum absolute atomic E-state index is 13.4. The average Bonchev–Trinajstić information content (AvgIpc) is 2.90. The number of ether oxygens (including phenoxy) is 1. The highest BCUT2D eigenvalue weighted by atomic mass is 32.2. The molecule has 3 N–H and O–H groups in total.